The van der Waals surface area contributed by atoms with Gasteiger partial charge in [0, 0.05) is 14.8 Å². The number of fused-ring (bicyclic) bond motifs is 1. The molecule has 5 heteroatoms. The molecule has 3 rings (SSSR count). The van der Waals surface area contributed by atoms with Crippen LogP contribution in [0.2, 0.25) is 5.02 Å². The predicted molar refractivity (Wildman–Crippen MR) is 78.9 cm³/mol. The Hall–Kier alpha value is -1.39. The monoisotopic (exact) mass is 309 g/mol. The van der Waals surface area contributed by atoms with Crippen LogP contribution in [0.3, 0.4) is 0 Å². The molecule has 0 saturated carbocycles. The van der Waals surface area contributed by atoms with Crippen molar-refractivity contribution in [2.75, 3.05) is 0 Å². The van der Waals surface area contributed by atoms with Gasteiger partial charge in [0.15, 0.2) is 0 Å². The number of hydrogen-bond acceptors (Lipinski definition) is 2. The lowest BCUT2D eigenvalue weighted by Crippen LogP contribution is -2.23. The molecule has 1 amide bonds. The molecular formula is C15H13ClFNOS. The van der Waals surface area contributed by atoms with Crippen LogP contribution in [0.4, 0.5) is 4.39 Å². The van der Waals surface area contributed by atoms with E-state index in [-0.39, 0.29) is 5.56 Å². The Morgan fingerprint density at radius 3 is 3.00 bits per heavy atom. The van der Waals surface area contributed by atoms with Crippen molar-refractivity contribution < 1.29 is 9.18 Å². The van der Waals surface area contributed by atoms with E-state index >= 15 is 0 Å². The van der Waals surface area contributed by atoms with E-state index in [1.165, 1.54) is 35.1 Å². The normalized spacial score (nSPS) is 13.3. The van der Waals surface area contributed by atoms with Gasteiger partial charge in [0.2, 0.25) is 0 Å². The van der Waals surface area contributed by atoms with Gasteiger partial charge < -0.3 is 5.32 Å². The molecule has 2 nitrogen and oxygen atoms in total. The summed E-state index contributed by atoms with van der Waals surface area (Å²) in [5.74, 6) is -0.987. The van der Waals surface area contributed by atoms with Crippen LogP contribution in [-0.2, 0) is 19.4 Å². The fourth-order valence-corrected chi connectivity index (χ4v) is 3.78. The van der Waals surface area contributed by atoms with Gasteiger partial charge in [-0.2, -0.15) is 0 Å². The van der Waals surface area contributed by atoms with E-state index in [1.807, 2.05) is 0 Å². The lowest BCUT2D eigenvalue weighted by molar-refractivity contribution is 0.0947. The van der Waals surface area contributed by atoms with Crippen molar-refractivity contribution >= 4 is 28.8 Å². The molecule has 1 aromatic carbocycles. The average molecular weight is 310 g/mol. The number of halogens is 2. The fraction of sp³-hybridized carbons (Fsp3) is 0.267. The largest absolute Gasteiger partial charge is 0.347 e. The first-order valence-corrected chi connectivity index (χ1v) is 7.66. The summed E-state index contributed by atoms with van der Waals surface area (Å²) in [6, 6.07) is 6.12. The van der Waals surface area contributed by atoms with Gasteiger partial charge in [-0.3, -0.25) is 4.79 Å². The Bertz CT molecular complexity index is 646. The van der Waals surface area contributed by atoms with Crippen LogP contribution in [0.15, 0.2) is 24.3 Å². The number of thiophene rings is 1. The van der Waals surface area contributed by atoms with Crippen LogP contribution in [0, 0.1) is 5.82 Å². The van der Waals surface area contributed by atoms with Crippen molar-refractivity contribution in [3.05, 3.63) is 56.0 Å². The second kappa shape index (κ2) is 5.54. The number of rotatable bonds is 3. The van der Waals surface area contributed by atoms with Crippen molar-refractivity contribution in [1.82, 2.24) is 5.32 Å². The number of carbonyl (C=O) groups is 1. The number of aryl methyl sites for hydroxylation is 2. The van der Waals surface area contributed by atoms with Crippen molar-refractivity contribution in [2.24, 2.45) is 0 Å². The first kappa shape index (κ1) is 13.6. The molecule has 0 aliphatic heterocycles. The van der Waals surface area contributed by atoms with E-state index in [0.717, 1.165) is 17.7 Å². The number of benzene rings is 1. The molecule has 0 spiro atoms. The van der Waals surface area contributed by atoms with Crippen LogP contribution in [-0.4, -0.2) is 5.91 Å². The molecule has 0 unspecified atom stereocenters. The third-order valence-electron chi connectivity index (χ3n) is 3.39. The maximum absolute atomic E-state index is 13.6. The first-order chi connectivity index (χ1) is 9.63. The molecule has 1 N–H and O–H groups in total. The molecule has 0 bridgehead atoms. The number of hydrogen-bond donors (Lipinski definition) is 1. The van der Waals surface area contributed by atoms with Crippen LogP contribution in [0.25, 0.3) is 0 Å². The Morgan fingerprint density at radius 2 is 2.20 bits per heavy atom. The Balaban J connectivity index is 1.68. The van der Waals surface area contributed by atoms with Gasteiger partial charge in [0.25, 0.3) is 5.91 Å². The number of carbonyl (C=O) groups excluding carboxylic acids is 1. The number of nitrogens with one attached hydrogen (secondary N) is 1. The Kier molecular flexibility index (Phi) is 3.76. The lowest BCUT2D eigenvalue weighted by atomic mass is 10.2. The van der Waals surface area contributed by atoms with E-state index in [4.69, 9.17) is 11.6 Å². The molecule has 1 aliphatic rings. The second-order valence-electron chi connectivity index (χ2n) is 4.82. The smallest absolute Gasteiger partial charge is 0.254 e. The van der Waals surface area contributed by atoms with E-state index < -0.39 is 11.7 Å². The summed E-state index contributed by atoms with van der Waals surface area (Å²) in [7, 11) is 0. The van der Waals surface area contributed by atoms with Gasteiger partial charge in [0.1, 0.15) is 5.82 Å². The molecule has 0 saturated heterocycles. The summed E-state index contributed by atoms with van der Waals surface area (Å²) in [5, 5.41) is 3.10. The minimum absolute atomic E-state index is 0.0124. The zero-order valence-corrected chi connectivity index (χ0v) is 12.3. The van der Waals surface area contributed by atoms with Crippen molar-refractivity contribution in [3.63, 3.8) is 0 Å². The van der Waals surface area contributed by atoms with Crippen molar-refractivity contribution in [1.29, 1.82) is 0 Å². The summed E-state index contributed by atoms with van der Waals surface area (Å²) in [6.07, 6.45) is 3.49. The van der Waals surface area contributed by atoms with Gasteiger partial charge in [-0.05, 0) is 49.1 Å². The standard InChI is InChI=1S/C15H13ClFNOS/c16-10-4-5-13(17)12(7-10)15(19)18-8-11-6-9-2-1-3-14(9)20-11/h4-7H,1-3,8H2,(H,18,19). The molecule has 0 radical (unpaired) electrons. The molecular weight excluding hydrogens is 297 g/mol. The number of amides is 1. The van der Waals surface area contributed by atoms with Gasteiger partial charge in [0.05, 0.1) is 12.1 Å². The Morgan fingerprint density at radius 1 is 1.35 bits per heavy atom. The van der Waals surface area contributed by atoms with Crippen LogP contribution in [0.5, 0.6) is 0 Å². The Labute approximate surface area is 125 Å². The highest BCUT2D eigenvalue weighted by molar-refractivity contribution is 7.12. The maximum atomic E-state index is 13.6. The van der Waals surface area contributed by atoms with E-state index in [0.29, 0.717) is 11.6 Å². The zero-order chi connectivity index (χ0) is 14.1. The van der Waals surface area contributed by atoms with Gasteiger partial charge in [-0.25, -0.2) is 4.39 Å². The zero-order valence-electron chi connectivity index (χ0n) is 10.7. The molecule has 104 valence electrons. The fourth-order valence-electron chi connectivity index (χ4n) is 2.41. The van der Waals surface area contributed by atoms with Gasteiger partial charge in [-0.1, -0.05) is 11.6 Å². The molecule has 1 aromatic heterocycles. The summed E-state index contributed by atoms with van der Waals surface area (Å²) in [4.78, 5) is 14.5. The molecule has 0 fully saturated rings. The van der Waals surface area contributed by atoms with Crippen molar-refractivity contribution in [2.45, 2.75) is 25.8 Å². The minimum Gasteiger partial charge on any atom is -0.347 e. The van der Waals surface area contributed by atoms with Crippen LogP contribution in [0.1, 0.15) is 32.1 Å². The lowest BCUT2D eigenvalue weighted by Gasteiger charge is -2.05. The van der Waals surface area contributed by atoms with E-state index in [1.54, 1.807) is 11.3 Å². The maximum Gasteiger partial charge on any atom is 0.254 e. The molecule has 20 heavy (non-hydrogen) atoms. The summed E-state index contributed by atoms with van der Waals surface area (Å²) in [5.41, 5.74) is 1.38. The quantitative estimate of drug-likeness (QED) is 0.913. The molecule has 1 heterocycles. The van der Waals surface area contributed by atoms with E-state index in [9.17, 15) is 9.18 Å². The third kappa shape index (κ3) is 2.72. The minimum atomic E-state index is -0.555. The predicted octanol–water partition coefficient (Wildman–Crippen LogP) is 3.96. The summed E-state index contributed by atoms with van der Waals surface area (Å²) < 4.78 is 13.6. The average Bonchev–Trinajstić information content (AvgIpc) is 2.99. The van der Waals surface area contributed by atoms with Crippen molar-refractivity contribution in [3.8, 4) is 0 Å². The topological polar surface area (TPSA) is 29.1 Å². The first-order valence-electron chi connectivity index (χ1n) is 6.47. The molecule has 2 aromatic rings. The van der Waals surface area contributed by atoms with Crippen LogP contribution < -0.4 is 5.32 Å². The molecule has 0 atom stereocenters. The molecule has 1 aliphatic carbocycles. The SMILES string of the molecule is O=C(NCc1cc2c(s1)CCC2)c1cc(Cl)ccc1F. The van der Waals surface area contributed by atoms with Crippen LogP contribution >= 0.6 is 22.9 Å². The van der Waals surface area contributed by atoms with Gasteiger partial charge in [-0.15, -0.1) is 11.3 Å². The highest BCUT2D eigenvalue weighted by atomic mass is 35.5. The highest BCUT2D eigenvalue weighted by Crippen LogP contribution is 2.30. The highest BCUT2D eigenvalue weighted by Gasteiger charge is 2.16. The summed E-state index contributed by atoms with van der Waals surface area (Å²) in [6.45, 7) is 0.433. The third-order valence-corrected chi connectivity index (χ3v) is 4.87. The summed E-state index contributed by atoms with van der Waals surface area (Å²) >= 11 is 7.52. The van der Waals surface area contributed by atoms with Gasteiger partial charge >= 0.3 is 0 Å². The second-order valence-corrected chi connectivity index (χ2v) is 6.48. The van der Waals surface area contributed by atoms with E-state index in [2.05, 4.69) is 11.4 Å².